The third-order valence-corrected chi connectivity index (χ3v) is 7.77. The lowest BCUT2D eigenvalue weighted by molar-refractivity contribution is 0.0773. The first-order chi connectivity index (χ1) is 19.1. The number of benzene rings is 4. The van der Waals surface area contributed by atoms with E-state index < -0.39 is 0 Å². The third-order valence-electron chi connectivity index (χ3n) is 7.77. The number of fused-ring (bicyclic) bond motifs is 1. The standard InChI is InChI=1S/C34H39N3O2/c1-4-36(5-2)34(38)26-14-17-29(18-15-26)37-22-20-35(21-23-37)25-28-16-19-32(33-13-8-7-12-31(28)33)27-10-9-11-30(24-27)39-6-3/h7-19,24H,4-6,20-23,25H2,1-3H3. The Balaban J connectivity index is 1.27. The number of carbonyl (C=O) groups is 1. The molecule has 4 aromatic rings. The molecule has 0 N–H and O–H groups in total. The van der Waals surface area contributed by atoms with Gasteiger partial charge in [-0.1, -0.05) is 48.5 Å². The summed E-state index contributed by atoms with van der Waals surface area (Å²) < 4.78 is 5.75. The van der Waals surface area contributed by atoms with Gasteiger partial charge in [0.15, 0.2) is 0 Å². The molecule has 39 heavy (non-hydrogen) atoms. The van der Waals surface area contributed by atoms with Gasteiger partial charge < -0.3 is 14.5 Å². The van der Waals surface area contributed by atoms with Crippen molar-refractivity contribution in [3.63, 3.8) is 0 Å². The molecule has 1 aliphatic rings. The Bertz CT molecular complexity index is 1400. The van der Waals surface area contributed by atoms with Gasteiger partial charge in [0.05, 0.1) is 6.61 Å². The van der Waals surface area contributed by atoms with E-state index in [9.17, 15) is 4.79 Å². The van der Waals surface area contributed by atoms with E-state index in [4.69, 9.17) is 4.74 Å². The molecule has 0 spiro atoms. The van der Waals surface area contributed by atoms with E-state index in [1.54, 1.807) is 0 Å². The van der Waals surface area contributed by atoms with E-state index in [-0.39, 0.29) is 5.91 Å². The topological polar surface area (TPSA) is 36.0 Å². The molecule has 0 radical (unpaired) electrons. The largest absolute Gasteiger partial charge is 0.494 e. The first kappa shape index (κ1) is 26.8. The van der Waals surface area contributed by atoms with Crippen LogP contribution >= 0.6 is 0 Å². The van der Waals surface area contributed by atoms with Crippen LogP contribution in [-0.2, 0) is 6.54 Å². The number of nitrogens with zero attached hydrogens (tertiary/aromatic N) is 3. The Hall–Kier alpha value is -3.83. The second-order valence-electron chi connectivity index (χ2n) is 10.1. The predicted molar refractivity (Wildman–Crippen MR) is 162 cm³/mol. The summed E-state index contributed by atoms with van der Waals surface area (Å²) in [4.78, 5) is 19.5. The van der Waals surface area contributed by atoms with E-state index in [0.29, 0.717) is 6.61 Å². The van der Waals surface area contributed by atoms with Gasteiger partial charge >= 0.3 is 0 Å². The lowest BCUT2D eigenvalue weighted by Gasteiger charge is -2.36. The number of hydrogen-bond donors (Lipinski definition) is 0. The molecule has 5 nitrogen and oxygen atoms in total. The number of rotatable bonds is 9. The second kappa shape index (κ2) is 12.4. The highest BCUT2D eigenvalue weighted by Crippen LogP contribution is 2.33. The number of piperazine rings is 1. The van der Waals surface area contributed by atoms with E-state index in [1.807, 2.05) is 43.9 Å². The molecular weight excluding hydrogens is 482 g/mol. The van der Waals surface area contributed by atoms with E-state index in [0.717, 1.165) is 57.1 Å². The van der Waals surface area contributed by atoms with Crippen LogP contribution in [0, 0.1) is 0 Å². The molecule has 0 bridgehead atoms. The van der Waals surface area contributed by atoms with Crippen LogP contribution in [0.5, 0.6) is 5.75 Å². The predicted octanol–water partition coefficient (Wildman–Crippen LogP) is 6.71. The van der Waals surface area contributed by atoms with Crippen LogP contribution in [0.4, 0.5) is 5.69 Å². The minimum absolute atomic E-state index is 0.108. The van der Waals surface area contributed by atoms with Crippen LogP contribution in [-0.4, -0.2) is 61.6 Å². The molecule has 202 valence electrons. The van der Waals surface area contributed by atoms with Gasteiger partial charge in [-0.05, 0) is 84.6 Å². The number of amides is 1. The normalized spacial score (nSPS) is 14.0. The van der Waals surface area contributed by atoms with Crippen molar-refractivity contribution in [1.29, 1.82) is 0 Å². The Labute approximate surface area is 232 Å². The molecule has 0 aliphatic carbocycles. The van der Waals surface area contributed by atoms with Gasteiger partial charge in [0, 0.05) is 57.1 Å². The molecule has 0 saturated carbocycles. The molecule has 4 aromatic carbocycles. The molecule has 1 heterocycles. The molecule has 5 rings (SSSR count). The van der Waals surface area contributed by atoms with Gasteiger partial charge in [-0.2, -0.15) is 0 Å². The van der Waals surface area contributed by atoms with Crippen LogP contribution in [0.15, 0.2) is 84.9 Å². The third kappa shape index (κ3) is 5.94. The van der Waals surface area contributed by atoms with Crippen molar-refractivity contribution in [2.24, 2.45) is 0 Å². The summed E-state index contributed by atoms with van der Waals surface area (Å²) in [6.45, 7) is 13.1. The molecule has 0 aromatic heterocycles. The lowest BCUT2D eigenvalue weighted by atomic mass is 9.94. The maximum Gasteiger partial charge on any atom is 0.253 e. The van der Waals surface area contributed by atoms with Gasteiger partial charge in [-0.15, -0.1) is 0 Å². The molecule has 1 saturated heterocycles. The molecule has 1 fully saturated rings. The monoisotopic (exact) mass is 521 g/mol. The molecule has 1 amide bonds. The van der Waals surface area contributed by atoms with E-state index in [1.165, 1.54) is 33.2 Å². The summed E-state index contributed by atoms with van der Waals surface area (Å²) in [5, 5.41) is 2.59. The highest BCUT2D eigenvalue weighted by Gasteiger charge is 2.20. The smallest absolute Gasteiger partial charge is 0.253 e. The fourth-order valence-corrected chi connectivity index (χ4v) is 5.58. The van der Waals surface area contributed by atoms with Gasteiger partial charge in [-0.3, -0.25) is 9.69 Å². The average molecular weight is 522 g/mol. The second-order valence-corrected chi connectivity index (χ2v) is 10.1. The maximum absolute atomic E-state index is 12.6. The average Bonchev–Trinajstić information content (AvgIpc) is 2.99. The van der Waals surface area contributed by atoms with Gasteiger partial charge in [-0.25, -0.2) is 0 Å². The fraction of sp³-hybridized carbons (Fsp3) is 0.324. The number of ether oxygens (including phenoxy) is 1. The van der Waals surface area contributed by atoms with Crippen molar-refractivity contribution >= 4 is 22.4 Å². The van der Waals surface area contributed by atoms with Crippen molar-refractivity contribution in [1.82, 2.24) is 9.80 Å². The highest BCUT2D eigenvalue weighted by atomic mass is 16.5. The Morgan fingerprint density at radius 1 is 0.795 bits per heavy atom. The summed E-state index contributed by atoms with van der Waals surface area (Å²) in [5.41, 5.74) is 5.74. The molecular formula is C34H39N3O2. The van der Waals surface area contributed by atoms with Crippen molar-refractivity contribution in [2.45, 2.75) is 27.3 Å². The van der Waals surface area contributed by atoms with E-state index >= 15 is 0 Å². The Morgan fingerprint density at radius 3 is 2.21 bits per heavy atom. The zero-order valence-corrected chi connectivity index (χ0v) is 23.4. The van der Waals surface area contributed by atoms with Gasteiger partial charge in [0.25, 0.3) is 5.91 Å². The van der Waals surface area contributed by atoms with Crippen LogP contribution < -0.4 is 9.64 Å². The SMILES string of the molecule is CCOc1cccc(-c2ccc(CN3CCN(c4ccc(C(=O)N(CC)CC)cc4)CC3)c3ccccc23)c1. The van der Waals surface area contributed by atoms with Crippen LogP contribution in [0.3, 0.4) is 0 Å². The Morgan fingerprint density at radius 2 is 1.51 bits per heavy atom. The van der Waals surface area contributed by atoms with Gasteiger partial charge in [0.2, 0.25) is 0 Å². The maximum atomic E-state index is 12.6. The van der Waals surface area contributed by atoms with Crippen LogP contribution in [0.2, 0.25) is 0 Å². The number of anilines is 1. The van der Waals surface area contributed by atoms with Crippen molar-refractivity contribution in [3.05, 3.63) is 96.1 Å². The first-order valence-corrected chi connectivity index (χ1v) is 14.2. The minimum Gasteiger partial charge on any atom is -0.494 e. The molecule has 5 heteroatoms. The summed E-state index contributed by atoms with van der Waals surface area (Å²) in [6.07, 6.45) is 0. The zero-order valence-electron chi connectivity index (χ0n) is 23.4. The van der Waals surface area contributed by atoms with Crippen LogP contribution in [0.1, 0.15) is 36.7 Å². The van der Waals surface area contributed by atoms with Crippen molar-refractivity contribution in [3.8, 4) is 16.9 Å². The highest BCUT2D eigenvalue weighted by molar-refractivity contribution is 5.98. The van der Waals surface area contributed by atoms with Crippen LogP contribution in [0.25, 0.3) is 21.9 Å². The molecule has 1 aliphatic heterocycles. The molecule has 0 unspecified atom stereocenters. The first-order valence-electron chi connectivity index (χ1n) is 14.2. The summed E-state index contributed by atoms with van der Waals surface area (Å²) in [6, 6.07) is 29.8. The lowest BCUT2D eigenvalue weighted by Crippen LogP contribution is -2.46. The zero-order chi connectivity index (χ0) is 27.2. The minimum atomic E-state index is 0.108. The fourth-order valence-electron chi connectivity index (χ4n) is 5.58. The number of hydrogen-bond acceptors (Lipinski definition) is 4. The van der Waals surface area contributed by atoms with Crippen molar-refractivity contribution in [2.75, 3.05) is 50.8 Å². The summed E-state index contributed by atoms with van der Waals surface area (Å²) in [7, 11) is 0. The van der Waals surface area contributed by atoms with Crippen molar-refractivity contribution < 1.29 is 9.53 Å². The Kier molecular flexibility index (Phi) is 8.48. The summed E-state index contributed by atoms with van der Waals surface area (Å²) >= 11 is 0. The summed E-state index contributed by atoms with van der Waals surface area (Å²) in [5.74, 6) is 1.02. The molecule has 0 atom stereocenters. The number of carbonyl (C=O) groups excluding carboxylic acids is 1. The van der Waals surface area contributed by atoms with Gasteiger partial charge in [0.1, 0.15) is 5.75 Å². The quantitative estimate of drug-likeness (QED) is 0.245. The van der Waals surface area contributed by atoms with E-state index in [2.05, 4.69) is 76.5 Å².